The van der Waals surface area contributed by atoms with Gasteiger partial charge in [-0.25, -0.2) is 18.3 Å². The van der Waals surface area contributed by atoms with Gasteiger partial charge in [0.2, 0.25) is 0 Å². The van der Waals surface area contributed by atoms with Crippen molar-refractivity contribution >= 4 is 23.1 Å². The fourth-order valence-electron chi connectivity index (χ4n) is 2.47. The van der Waals surface area contributed by atoms with E-state index in [2.05, 4.69) is 28.5 Å². The third-order valence-electron chi connectivity index (χ3n) is 3.84. The van der Waals surface area contributed by atoms with Crippen LogP contribution in [0.25, 0.3) is 11.3 Å². The molecule has 2 rings (SSSR count). The number of aldehydes is 1. The van der Waals surface area contributed by atoms with Crippen LogP contribution >= 0.6 is 0 Å². The normalized spacial score (nSPS) is 12.3. The Balaban J connectivity index is 2.43. The lowest BCUT2D eigenvalue weighted by Gasteiger charge is -2.22. The predicted octanol–water partition coefficient (Wildman–Crippen LogP) is 2.31. The van der Waals surface area contributed by atoms with Crippen LogP contribution in [-0.4, -0.2) is 39.2 Å². The summed E-state index contributed by atoms with van der Waals surface area (Å²) in [5, 5.41) is 10.1. The molecule has 7 nitrogen and oxygen atoms in total. The number of halogens is 1. The topological polar surface area (TPSA) is 98.3 Å². The maximum Gasteiger partial charge on any atom is 0.196 e. The number of aromatic amines is 1. The first-order valence-electron chi connectivity index (χ1n) is 8.25. The summed E-state index contributed by atoms with van der Waals surface area (Å²) in [6, 6.07) is 2.71. The summed E-state index contributed by atoms with van der Waals surface area (Å²) in [5.74, 6) is 0.0750. The number of nitrogens with zero attached hydrogens (tertiary/aromatic N) is 2. The molecule has 0 spiro atoms. The van der Waals surface area contributed by atoms with Crippen LogP contribution in [0, 0.1) is 11.7 Å². The molecule has 1 aromatic heterocycles. The monoisotopic (exact) mass is 382 g/mol. The molecule has 1 atom stereocenters. The number of imidazole rings is 1. The Kier molecular flexibility index (Phi) is 6.87. The van der Waals surface area contributed by atoms with Crippen molar-refractivity contribution in [1.82, 2.24) is 14.7 Å². The number of aromatic hydroxyl groups is 1. The average Bonchev–Trinajstić information content (AvgIpc) is 3.07. The number of hydrogen-bond acceptors (Lipinski definition) is 4. The number of aryl methyl sites for hydroxylation is 1. The van der Waals surface area contributed by atoms with Gasteiger partial charge in [0, 0.05) is 12.0 Å². The highest BCUT2D eigenvalue weighted by Crippen LogP contribution is 2.36. The Labute approximate surface area is 154 Å². The molecule has 0 aliphatic carbocycles. The summed E-state index contributed by atoms with van der Waals surface area (Å²) < 4.78 is 30.6. The zero-order valence-electron chi connectivity index (χ0n) is 15.0. The van der Waals surface area contributed by atoms with E-state index >= 15 is 4.39 Å². The molecule has 1 heterocycles. The standard InChI is InChI=1S/C17H23FN4O3S/c1-11(2)4-7-15-20-10-13(21-15)12-5-6-14(24)17(16(12)18)22(8-9-23)26(25)19-3/h5-6,9-11,19,24H,4,7-8H2,1-3H3,(H,20,21). The van der Waals surface area contributed by atoms with Crippen molar-refractivity contribution in [2.75, 3.05) is 17.9 Å². The lowest BCUT2D eigenvalue weighted by molar-refractivity contribution is -0.106. The van der Waals surface area contributed by atoms with Crippen molar-refractivity contribution in [1.29, 1.82) is 0 Å². The van der Waals surface area contributed by atoms with Crippen LogP contribution in [-0.2, 0) is 22.4 Å². The SMILES string of the molecule is CNS(=O)N(CC=O)c1c(O)ccc(-c2cnc(CCC(C)C)[nH]2)c1F. The summed E-state index contributed by atoms with van der Waals surface area (Å²) in [5.41, 5.74) is 0.314. The molecule has 3 N–H and O–H groups in total. The van der Waals surface area contributed by atoms with Gasteiger partial charge in [0.1, 0.15) is 23.5 Å². The molecule has 9 heteroatoms. The van der Waals surface area contributed by atoms with Gasteiger partial charge in [0.05, 0.1) is 18.4 Å². The highest BCUT2D eigenvalue weighted by atomic mass is 32.2. The van der Waals surface area contributed by atoms with E-state index in [1.165, 1.54) is 25.4 Å². The number of benzene rings is 1. The fraction of sp³-hybridized carbons (Fsp3) is 0.412. The van der Waals surface area contributed by atoms with Gasteiger partial charge in [0.15, 0.2) is 17.0 Å². The molecule has 26 heavy (non-hydrogen) atoms. The zero-order chi connectivity index (χ0) is 19.3. The number of rotatable bonds is 9. The maximum absolute atomic E-state index is 15.1. The van der Waals surface area contributed by atoms with Gasteiger partial charge in [-0.3, -0.25) is 4.31 Å². The summed E-state index contributed by atoms with van der Waals surface area (Å²) in [6.45, 7) is 3.88. The third-order valence-corrected chi connectivity index (χ3v) is 4.92. The molecule has 0 amide bonds. The van der Waals surface area contributed by atoms with Gasteiger partial charge < -0.3 is 14.9 Å². The smallest absolute Gasteiger partial charge is 0.196 e. The fourth-order valence-corrected chi connectivity index (χ4v) is 3.23. The van der Waals surface area contributed by atoms with Crippen LogP contribution in [0.5, 0.6) is 5.75 Å². The number of phenols is 1. The summed E-state index contributed by atoms with van der Waals surface area (Å²) in [6.07, 6.45) is 3.70. The van der Waals surface area contributed by atoms with Crippen LogP contribution in [0.3, 0.4) is 0 Å². The second-order valence-electron chi connectivity index (χ2n) is 6.15. The minimum absolute atomic E-state index is 0.171. The highest BCUT2D eigenvalue weighted by Gasteiger charge is 2.24. The van der Waals surface area contributed by atoms with Gasteiger partial charge >= 0.3 is 0 Å². The van der Waals surface area contributed by atoms with Gasteiger partial charge in [-0.2, -0.15) is 0 Å². The van der Waals surface area contributed by atoms with Crippen LogP contribution in [0.1, 0.15) is 26.1 Å². The first kappa shape index (κ1) is 20.1. The summed E-state index contributed by atoms with van der Waals surface area (Å²) in [7, 11) is 1.41. The number of anilines is 1. The van der Waals surface area contributed by atoms with Crippen LogP contribution in [0.2, 0.25) is 0 Å². The molecular formula is C17H23FN4O3S. The minimum Gasteiger partial charge on any atom is -0.506 e. The Morgan fingerprint density at radius 1 is 1.46 bits per heavy atom. The van der Waals surface area contributed by atoms with E-state index in [-0.39, 0.29) is 17.8 Å². The van der Waals surface area contributed by atoms with E-state index in [9.17, 15) is 14.1 Å². The van der Waals surface area contributed by atoms with Gasteiger partial charge in [-0.1, -0.05) is 13.8 Å². The van der Waals surface area contributed by atoms with Gasteiger partial charge in [-0.05, 0) is 31.5 Å². The molecule has 0 aliphatic heterocycles. The van der Waals surface area contributed by atoms with Crippen molar-refractivity contribution in [2.45, 2.75) is 26.7 Å². The number of aromatic nitrogens is 2. The van der Waals surface area contributed by atoms with Crippen molar-refractivity contribution in [3.8, 4) is 17.0 Å². The molecule has 0 saturated heterocycles. The minimum atomic E-state index is -1.88. The van der Waals surface area contributed by atoms with Crippen LogP contribution < -0.4 is 9.03 Å². The van der Waals surface area contributed by atoms with E-state index in [0.717, 1.165) is 23.0 Å². The second-order valence-corrected chi connectivity index (χ2v) is 7.50. The molecule has 1 unspecified atom stereocenters. The van der Waals surface area contributed by atoms with Crippen molar-refractivity contribution in [3.63, 3.8) is 0 Å². The number of hydrogen-bond donors (Lipinski definition) is 3. The van der Waals surface area contributed by atoms with E-state index in [4.69, 9.17) is 0 Å². The van der Waals surface area contributed by atoms with Crippen LogP contribution in [0.15, 0.2) is 18.3 Å². The number of nitrogens with one attached hydrogen (secondary N) is 2. The van der Waals surface area contributed by atoms with E-state index < -0.39 is 22.7 Å². The molecule has 0 fully saturated rings. The molecule has 0 aliphatic rings. The van der Waals surface area contributed by atoms with E-state index in [1.807, 2.05) is 0 Å². The third kappa shape index (κ3) is 4.47. The van der Waals surface area contributed by atoms with Crippen molar-refractivity contribution in [3.05, 3.63) is 30.0 Å². The Morgan fingerprint density at radius 2 is 2.19 bits per heavy atom. The van der Waals surface area contributed by atoms with Crippen molar-refractivity contribution in [2.24, 2.45) is 5.92 Å². The zero-order valence-corrected chi connectivity index (χ0v) is 15.8. The summed E-state index contributed by atoms with van der Waals surface area (Å²) >= 11 is -1.88. The van der Waals surface area contributed by atoms with E-state index in [0.29, 0.717) is 17.9 Å². The van der Waals surface area contributed by atoms with Gasteiger partial charge in [0.25, 0.3) is 0 Å². The first-order valence-corrected chi connectivity index (χ1v) is 9.35. The predicted molar refractivity (Wildman–Crippen MR) is 99.4 cm³/mol. The average molecular weight is 382 g/mol. The first-order chi connectivity index (χ1) is 12.4. The molecule has 2 aromatic rings. The molecule has 0 radical (unpaired) electrons. The van der Waals surface area contributed by atoms with Gasteiger partial charge in [-0.15, -0.1) is 0 Å². The number of carbonyl (C=O) groups excluding carboxylic acids is 1. The van der Waals surface area contributed by atoms with Crippen molar-refractivity contribution < 1.29 is 18.5 Å². The van der Waals surface area contributed by atoms with E-state index in [1.54, 1.807) is 0 Å². The lowest BCUT2D eigenvalue weighted by atomic mass is 10.1. The Morgan fingerprint density at radius 3 is 2.81 bits per heavy atom. The second kappa shape index (κ2) is 8.91. The Hall–Kier alpha value is -2.26. The molecule has 0 saturated carbocycles. The summed E-state index contributed by atoms with van der Waals surface area (Å²) in [4.78, 5) is 18.2. The molecule has 0 bridgehead atoms. The number of carbonyl (C=O) groups is 1. The highest BCUT2D eigenvalue weighted by molar-refractivity contribution is 7.84. The maximum atomic E-state index is 15.1. The number of phenolic OH excluding ortho intramolecular Hbond substituents is 1. The molecule has 142 valence electrons. The molecular weight excluding hydrogens is 359 g/mol. The molecule has 1 aromatic carbocycles. The number of H-pyrrole nitrogens is 1. The Bertz CT molecular complexity index is 794. The van der Waals surface area contributed by atoms with Crippen LogP contribution in [0.4, 0.5) is 10.1 Å². The quantitative estimate of drug-likeness (QED) is 0.580. The largest absolute Gasteiger partial charge is 0.506 e. The lowest BCUT2D eigenvalue weighted by Crippen LogP contribution is -2.35.